The van der Waals surface area contributed by atoms with Crippen molar-refractivity contribution in [3.63, 3.8) is 0 Å². The fraction of sp³-hybridized carbons (Fsp3) is 0.435. The van der Waals surface area contributed by atoms with Gasteiger partial charge in [0.05, 0.1) is 19.3 Å². The number of ether oxygens (including phenoxy) is 2. The molecule has 10 nitrogen and oxygen atoms in total. The maximum atomic E-state index is 14.3. The number of nitrogens with zero attached hydrogens (tertiary/aromatic N) is 4. The van der Waals surface area contributed by atoms with E-state index in [2.05, 4.69) is 15.3 Å². The smallest absolute Gasteiger partial charge is 0.286 e. The number of carbonyl (C=O) groups excluding carboxylic acids is 3. The Morgan fingerprint density at radius 3 is 2.97 bits per heavy atom. The first-order chi connectivity index (χ1) is 16.5. The number of likely N-dealkylation sites (tertiary alicyclic amines) is 2. The first-order valence-electron chi connectivity index (χ1n) is 11.2. The predicted octanol–water partition coefficient (Wildman–Crippen LogP) is 1.93. The van der Waals surface area contributed by atoms with E-state index in [-0.39, 0.29) is 30.6 Å². The van der Waals surface area contributed by atoms with Crippen LogP contribution in [0.5, 0.6) is 11.6 Å². The van der Waals surface area contributed by atoms with Gasteiger partial charge in [-0.25, -0.2) is 4.98 Å². The van der Waals surface area contributed by atoms with Gasteiger partial charge in [-0.15, -0.1) is 0 Å². The number of nitrogens with one attached hydrogen (secondary N) is 1. The molecule has 180 valence electrons. The second-order valence-electron chi connectivity index (χ2n) is 8.12. The van der Waals surface area contributed by atoms with Crippen molar-refractivity contribution in [1.82, 2.24) is 19.8 Å². The van der Waals surface area contributed by atoms with Crippen LogP contribution in [-0.2, 0) is 14.4 Å². The van der Waals surface area contributed by atoms with Crippen LogP contribution in [0.4, 0.5) is 16.0 Å². The summed E-state index contributed by atoms with van der Waals surface area (Å²) in [6.45, 7) is 2.33. The van der Waals surface area contributed by atoms with E-state index in [1.165, 1.54) is 4.90 Å². The molecule has 3 heterocycles. The molecule has 1 N–H and O–H groups in total. The van der Waals surface area contributed by atoms with Crippen LogP contribution in [0.3, 0.4) is 0 Å². The predicted molar refractivity (Wildman–Crippen MR) is 119 cm³/mol. The van der Waals surface area contributed by atoms with Crippen molar-refractivity contribution in [2.24, 2.45) is 0 Å². The molecular weight excluding hydrogens is 445 g/mol. The molecule has 34 heavy (non-hydrogen) atoms. The highest BCUT2D eigenvalue weighted by atomic mass is 19.1. The van der Waals surface area contributed by atoms with Gasteiger partial charge in [0, 0.05) is 31.3 Å². The van der Waals surface area contributed by atoms with Crippen LogP contribution in [0, 0.1) is 5.82 Å². The van der Waals surface area contributed by atoms with Gasteiger partial charge in [-0.3, -0.25) is 14.4 Å². The van der Waals surface area contributed by atoms with Gasteiger partial charge in [0.2, 0.25) is 24.0 Å². The van der Waals surface area contributed by atoms with E-state index in [1.54, 1.807) is 29.2 Å². The third-order valence-electron chi connectivity index (χ3n) is 5.67. The number of piperidine rings is 1. The summed E-state index contributed by atoms with van der Waals surface area (Å²) in [5.74, 6) is -0.677. The zero-order valence-electron chi connectivity index (χ0n) is 18.6. The maximum absolute atomic E-state index is 14.3. The molecule has 2 aliphatic rings. The zero-order valence-corrected chi connectivity index (χ0v) is 18.6. The normalized spacial score (nSPS) is 18.0. The minimum Gasteiger partial charge on any atom is -0.492 e. The highest BCUT2D eigenvalue weighted by Gasteiger charge is 2.26. The lowest BCUT2D eigenvalue weighted by Crippen LogP contribution is -2.45. The van der Waals surface area contributed by atoms with Crippen LogP contribution < -0.4 is 14.8 Å². The summed E-state index contributed by atoms with van der Waals surface area (Å²) in [5.41, 5.74) is 0.632. The molecule has 2 aliphatic heterocycles. The Bertz CT molecular complexity index is 1050. The average Bonchev–Trinajstić information content (AvgIpc) is 3.25. The molecule has 0 bridgehead atoms. The number of amides is 2. The van der Waals surface area contributed by atoms with E-state index in [0.29, 0.717) is 50.4 Å². The molecule has 0 radical (unpaired) electrons. The fourth-order valence-electron chi connectivity index (χ4n) is 3.97. The second-order valence-corrected chi connectivity index (χ2v) is 8.12. The number of aromatic nitrogens is 2. The average molecular weight is 471 g/mol. The first kappa shape index (κ1) is 23.4. The Balaban J connectivity index is 1.35. The van der Waals surface area contributed by atoms with Crippen molar-refractivity contribution in [3.05, 3.63) is 36.3 Å². The van der Waals surface area contributed by atoms with Crippen molar-refractivity contribution in [1.29, 1.82) is 0 Å². The van der Waals surface area contributed by atoms with E-state index < -0.39 is 17.8 Å². The third kappa shape index (κ3) is 5.97. The quantitative estimate of drug-likeness (QED) is 0.436. The number of aldehydes is 1. The van der Waals surface area contributed by atoms with Gasteiger partial charge in [0.25, 0.3) is 11.8 Å². The van der Waals surface area contributed by atoms with Gasteiger partial charge in [-0.2, -0.15) is 9.37 Å². The van der Waals surface area contributed by atoms with Crippen molar-refractivity contribution in [3.8, 4) is 11.6 Å². The number of carbonyl (C=O) groups is 3. The highest BCUT2D eigenvalue weighted by Crippen LogP contribution is 2.24. The van der Waals surface area contributed by atoms with Crippen LogP contribution in [0.2, 0.25) is 0 Å². The minimum atomic E-state index is -0.724. The Morgan fingerprint density at radius 2 is 2.18 bits per heavy atom. The number of rotatable bonds is 9. The summed E-state index contributed by atoms with van der Waals surface area (Å²) in [5, 5.41) is 3.00. The number of halogens is 1. The Kier molecular flexibility index (Phi) is 7.51. The van der Waals surface area contributed by atoms with E-state index in [9.17, 15) is 18.8 Å². The van der Waals surface area contributed by atoms with Crippen molar-refractivity contribution in [2.45, 2.75) is 31.8 Å². The van der Waals surface area contributed by atoms with Gasteiger partial charge >= 0.3 is 0 Å². The molecule has 0 spiro atoms. The lowest BCUT2D eigenvalue weighted by molar-refractivity contribution is -0.140. The molecule has 0 saturated carbocycles. The van der Waals surface area contributed by atoms with E-state index >= 15 is 0 Å². The standard InChI is InChI=1S/C23H26FN5O5/c24-19-13-25-23(27-22(19)34-18-6-2-9-29(14-18)21(32)15-30)26-16-4-1-5-17(12-16)33-11-10-28-8-3-7-20(28)31/h1,4-5,12-13,15,18H,2-3,6-11,14H2,(H,25,26,27)/t18-/m1/s1. The second kappa shape index (κ2) is 10.9. The summed E-state index contributed by atoms with van der Waals surface area (Å²) in [7, 11) is 0. The molecule has 0 aliphatic carbocycles. The van der Waals surface area contributed by atoms with Gasteiger partial charge < -0.3 is 24.6 Å². The van der Waals surface area contributed by atoms with Crippen LogP contribution in [0.15, 0.2) is 30.5 Å². The van der Waals surface area contributed by atoms with Crippen molar-refractivity contribution in [2.75, 3.05) is 38.1 Å². The van der Waals surface area contributed by atoms with E-state index in [4.69, 9.17) is 9.47 Å². The number of anilines is 2. The van der Waals surface area contributed by atoms with Crippen LogP contribution >= 0.6 is 0 Å². The summed E-state index contributed by atoms with van der Waals surface area (Å²) >= 11 is 0. The van der Waals surface area contributed by atoms with Crippen LogP contribution in [0.1, 0.15) is 25.7 Å². The maximum Gasteiger partial charge on any atom is 0.286 e. The summed E-state index contributed by atoms with van der Waals surface area (Å²) in [6.07, 6.45) is 3.53. The van der Waals surface area contributed by atoms with Gasteiger partial charge in [0.15, 0.2) is 0 Å². The fourth-order valence-corrected chi connectivity index (χ4v) is 3.97. The molecule has 2 fully saturated rings. The summed E-state index contributed by atoms with van der Waals surface area (Å²) < 4.78 is 25.7. The molecule has 2 aromatic rings. The van der Waals surface area contributed by atoms with Gasteiger partial charge in [0.1, 0.15) is 18.5 Å². The molecule has 11 heteroatoms. The SMILES string of the molecule is O=CC(=O)N1CCC[C@@H](Oc2nc(Nc3cccc(OCCN4CCCC4=O)c3)ncc2F)C1. The Morgan fingerprint density at radius 1 is 1.29 bits per heavy atom. The molecule has 1 aromatic heterocycles. The number of hydrogen-bond acceptors (Lipinski definition) is 8. The van der Waals surface area contributed by atoms with Crippen molar-refractivity contribution < 1.29 is 28.2 Å². The van der Waals surface area contributed by atoms with E-state index in [1.807, 2.05) is 0 Å². The van der Waals surface area contributed by atoms with Crippen LogP contribution in [-0.4, -0.2) is 76.8 Å². The molecule has 2 amide bonds. The molecule has 1 atom stereocenters. The number of hydrogen-bond donors (Lipinski definition) is 1. The highest BCUT2D eigenvalue weighted by molar-refractivity contribution is 6.23. The lowest BCUT2D eigenvalue weighted by Gasteiger charge is -2.31. The largest absolute Gasteiger partial charge is 0.492 e. The minimum absolute atomic E-state index is 0.132. The summed E-state index contributed by atoms with van der Waals surface area (Å²) in [4.78, 5) is 45.3. The molecule has 4 rings (SSSR count). The zero-order chi connectivity index (χ0) is 23.9. The number of benzene rings is 1. The lowest BCUT2D eigenvalue weighted by atomic mass is 10.1. The monoisotopic (exact) mass is 471 g/mol. The molecule has 2 saturated heterocycles. The van der Waals surface area contributed by atoms with Crippen molar-refractivity contribution >= 4 is 29.7 Å². The molecular formula is C23H26FN5O5. The Labute approximate surface area is 196 Å². The summed E-state index contributed by atoms with van der Waals surface area (Å²) in [6, 6.07) is 7.13. The molecule has 1 aromatic carbocycles. The van der Waals surface area contributed by atoms with E-state index in [0.717, 1.165) is 19.2 Å². The van der Waals surface area contributed by atoms with Gasteiger partial charge in [-0.05, 0) is 31.4 Å². The molecule has 0 unspecified atom stereocenters. The Hall–Kier alpha value is -3.76. The third-order valence-corrected chi connectivity index (χ3v) is 5.67. The van der Waals surface area contributed by atoms with Gasteiger partial charge in [-0.1, -0.05) is 6.07 Å². The topological polar surface area (TPSA) is 114 Å². The van der Waals surface area contributed by atoms with Crippen LogP contribution in [0.25, 0.3) is 0 Å². The first-order valence-corrected chi connectivity index (χ1v) is 11.2.